The van der Waals surface area contributed by atoms with Crippen LogP contribution in [0.25, 0.3) is 0 Å². The number of aromatic amines is 1. The van der Waals surface area contributed by atoms with Gasteiger partial charge < -0.3 is 5.32 Å². The lowest BCUT2D eigenvalue weighted by atomic mass is 9.94. The normalized spacial score (nSPS) is 24.7. The zero-order valence-corrected chi connectivity index (χ0v) is 15.3. The average molecular weight is 353 g/mol. The summed E-state index contributed by atoms with van der Waals surface area (Å²) in [7, 11) is 0. The topological polar surface area (TPSA) is 73.9 Å². The Morgan fingerprint density at radius 1 is 1.15 bits per heavy atom. The molecule has 26 heavy (non-hydrogen) atoms. The second-order valence-corrected chi connectivity index (χ2v) is 7.58. The Hall–Kier alpha value is -2.21. The number of nitrogens with zero attached hydrogens (tertiary/aromatic N) is 3. The highest BCUT2D eigenvalue weighted by Crippen LogP contribution is 2.32. The van der Waals surface area contributed by atoms with Gasteiger partial charge in [-0.2, -0.15) is 5.10 Å². The Bertz CT molecular complexity index is 738. The number of carbonyl (C=O) groups excluding carboxylic acids is 1. The maximum Gasteiger partial charge on any atom is 0.251 e. The van der Waals surface area contributed by atoms with Crippen LogP contribution in [0, 0.1) is 6.92 Å². The lowest BCUT2D eigenvalue weighted by Gasteiger charge is -2.31. The highest BCUT2D eigenvalue weighted by atomic mass is 16.1. The van der Waals surface area contributed by atoms with Crippen LogP contribution in [0.15, 0.2) is 30.3 Å². The lowest BCUT2D eigenvalue weighted by molar-refractivity contribution is 0.0932. The quantitative estimate of drug-likeness (QED) is 0.886. The van der Waals surface area contributed by atoms with Gasteiger partial charge in [-0.05, 0) is 31.9 Å². The first kappa shape index (κ1) is 17.2. The molecule has 6 heteroatoms. The molecule has 0 unspecified atom stereocenters. The first-order valence-electron chi connectivity index (χ1n) is 9.69. The van der Waals surface area contributed by atoms with Gasteiger partial charge in [-0.15, -0.1) is 0 Å². The molecule has 1 amide bonds. The van der Waals surface area contributed by atoms with E-state index in [9.17, 15) is 4.79 Å². The van der Waals surface area contributed by atoms with E-state index in [-0.39, 0.29) is 17.9 Å². The van der Waals surface area contributed by atoms with E-state index in [0.717, 1.165) is 24.7 Å². The molecule has 1 aliphatic carbocycles. The number of hydrogen-bond donors (Lipinski definition) is 2. The van der Waals surface area contributed by atoms with Crippen LogP contribution in [0.5, 0.6) is 0 Å². The summed E-state index contributed by atoms with van der Waals surface area (Å²) >= 11 is 0. The van der Waals surface area contributed by atoms with Crippen molar-refractivity contribution < 1.29 is 4.79 Å². The van der Waals surface area contributed by atoms with E-state index >= 15 is 0 Å². The Labute approximate surface area is 154 Å². The number of benzene rings is 1. The van der Waals surface area contributed by atoms with E-state index < -0.39 is 0 Å². The fourth-order valence-electron chi connectivity index (χ4n) is 4.35. The minimum atomic E-state index is -0.0154. The van der Waals surface area contributed by atoms with Gasteiger partial charge in [0, 0.05) is 24.7 Å². The third-order valence-electron chi connectivity index (χ3n) is 5.74. The number of likely N-dealkylation sites (tertiary alicyclic amines) is 1. The van der Waals surface area contributed by atoms with Crippen LogP contribution in [0.2, 0.25) is 0 Å². The summed E-state index contributed by atoms with van der Waals surface area (Å²) in [6, 6.07) is 10.1. The molecular weight excluding hydrogens is 326 g/mol. The second kappa shape index (κ2) is 7.58. The van der Waals surface area contributed by atoms with Crippen molar-refractivity contribution in [3.05, 3.63) is 47.5 Å². The summed E-state index contributed by atoms with van der Waals surface area (Å²) in [5, 5.41) is 10.6. The Balaban J connectivity index is 1.52. The molecule has 6 nitrogen and oxygen atoms in total. The Morgan fingerprint density at radius 2 is 1.92 bits per heavy atom. The minimum Gasteiger partial charge on any atom is -0.347 e. The van der Waals surface area contributed by atoms with Crippen LogP contribution >= 0.6 is 0 Å². The molecule has 1 aromatic heterocycles. The highest BCUT2D eigenvalue weighted by Gasteiger charge is 2.40. The summed E-state index contributed by atoms with van der Waals surface area (Å²) in [4.78, 5) is 19.8. The van der Waals surface area contributed by atoms with Crippen molar-refractivity contribution >= 4 is 5.91 Å². The third-order valence-corrected chi connectivity index (χ3v) is 5.74. The fraction of sp³-hybridized carbons (Fsp3) is 0.550. The van der Waals surface area contributed by atoms with Crippen LogP contribution in [0.4, 0.5) is 0 Å². The summed E-state index contributed by atoms with van der Waals surface area (Å²) < 4.78 is 0. The largest absolute Gasteiger partial charge is 0.347 e. The Kier molecular flexibility index (Phi) is 5.02. The van der Waals surface area contributed by atoms with E-state index in [0.29, 0.717) is 11.6 Å². The fourth-order valence-corrected chi connectivity index (χ4v) is 4.35. The molecule has 2 fully saturated rings. The average Bonchev–Trinajstić information content (AvgIpc) is 3.29. The third kappa shape index (κ3) is 3.65. The van der Waals surface area contributed by atoms with Gasteiger partial charge in [0.15, 0.2) is 5.82 Å². The highest BCUT2D eigenvalue weighted by molar-refractivity contribution is 5.94. The lowest BCUT2D eigenvalue weighted by Crippen LogP contribution is -2.41. The van der Waals surface area contributed by atoms with E-state index in [2.05, 4.69) is 25.4 Å². The standard InChI is InChI=1S/C20H27N5O/c1-14-21-19(24-23-14)17-12-25(16-10-6-3-7-11-16)13-18(17)22-20(26)15-8-4-2-5-9-15/h2,4-5,8-9,16-18H,3,6-7,10-13H2,1H3,(H,22,26)(H,21,23,24)/t17-,18-/m1/s1. The Morgan fingerprint density at radius 3 is 2.62 bits per heavy atom. The van der Waals surface area contributed by atoms with E-state index in [1.54, 1.807) is 0 Å². The zero-order chi connectivity index (χ0) is 17.9. The predicted molar refractivity (Wildman–Crippen MR) is 100 cm³/mol. The van der Waals surface area contributed by atoms with E-state index in [4.69, 9.17) is 0 Å². The monoisotopic (exact) mass is 353 g/mol. The number of carbonyl (C=O) groups is 1. The van der Waals surface area contributed by atoms with Gasteiger partial charge in [-0.25, -0.2) is 4.98 Å². The molecule has 2 aromatic rings. The van der Waals surface area contributed by atoms with Crippen molar-refractivity contribution in [3.63, 3.8) is 0 Å². The van der Waals surface area contributed by atoms with Gasteiger partial charge in [-0.3, -0.25) is 14.8 Å². The molecule has 138 valence electrons. The number of aromatic nitrogens is 3. The number of rotatable bonds is 4. The van der Waals surface area contributed by atoms with Crippen LogP contribution in [0.1, 0.15) is 60.0 Å². The smallest absolute Gasteiger partial charge is 0.251 e. The first-order valence-corrected chi connectivity index (χ1v) is 9.69. The molecule has 0 radical (unpaired) electrons. The second-order valence-electron chi connectivity index (χ2n) is 7.58. The number of hydrogen-bond acceptors (Lipinski definition) is 4. The van der Waals surface area contributed by atoms with Crippen molar-refractivity contribution in [3.8, 4) is 0 Å². The van der Waals surface area contributed by atoms with Gasteiger partial charge in [0.25, 0.3) is 5.91 Å². The predicted octanol–water partition coefficient (Wildman–Crippen LogP) is 2.64. The molecule has 1 aromatic carbocycles. The minimum absolute atomic E-state index is 0.0154. The summed E-state index contributed by atoms with van der Waals surface area (Å²) in [6.45, 7) is 3.71. The molecule has 2 N–H and O–H groups in total. The number of aryl methyl sites for hydroxylation is 1. The van der Waals surface area contributed by atoms with Gasteiger partial charge >= 0.3 is 0 Å². The maximum atomic E-state index is 12.7. The molecule has 1 aliphatic heterocycles. The zero-order valence-electron chi connectivity index (χ0n) is 15.3. The molecule has 1 saturated carbocycles. The number of amides is 1. The summed E-state index contributed by atoms with van der Waals surface area (Å²) in [5.41, 5.74) is 0.702. The molecule has 2 atom stereocenters. The molecule has 4 rings (SSSR count). The van der Waals surface area contributed by atoms with Crippen LogP contribution in [0.3, 0.4) is 0 Å². The summed E-state index contributed by atoms with van der Waals surface area (Å²) in [5.74, 6) is 1.76. The van der Waals surface area contributed by atoms with Gasteiger partial charge in [0.05, 0.1) is 12.0 Å². The van der Waals surface area contributed by atoms with Gasteiger partial charge in [0.1, 0.15) is 5.82 Å². The van der Waals surface area contributed by atoms with Crippen LogP contribution < -0.4 is 5.32 Å². The van der Waals surface area contributed by atoms with Gasteiger partial charge in [0.2, 0.25) is 0 Å². The number of nitrogens with one attached hydrogen (secondary N) is 2. The van der Waals surface area contributed by atoms with Crippen molar-refractivity contribution in [1.29, 1.82) is 0 Å². The van der Waals surface area contributed by atoms with E-state index in [1.165, 1.54) is 32.1 Å². The van der Waals surface area contributed by atoms with Gasteiger partial charge in [-0.1, -0.05) is 37.5 Å². The van der Waals surface area contributed by atoms with Crippen LogP contribution in [-0.2, 0) is 0 Å². The summed E-state index contributed by atoms with van der Waals surface area (Å²) in [6.07, 6.45) is 6.50. The molecule has 2 heterocycles. The number of H-pyrrole nitrogens is 1. The molecular formula is C20H27N5O. The van der Waals surface area contributed by atoms with Crippen molar-refractivity contribution in [1.82, 2.24) is 25.4 Å². The molecule has 0 spiro atoms. The van der Waals surface area contributed by atoms with E-state index in [1.807, 2.05) is 37.3 Å². The van der Waals surface area contributed by atoms with Crippen molar-refractivity contribution in [2.45, 2.75) is 57.0 Å². The SMILES string of the molecule is Cc1nc([C@@H]2CN(C3CCCCC3)C[C@H]2NC(=O)c2ccccc2)n[nH]1. The molecule has 1 saturated heterocycles. The molecule has 2 aliphatic rings. The first-order chi connectivity index (χ1) is 12.7. The van der Waals surface area contributed by atoms with Crippen LogP contribution in [-0.4, -0.2) is 51.2 Å². The van der Waals surface area contributed by atoms with Crippen molar-refractivity contribution in [2.24, 2.45) is 0 Å². The maximum absolute atomic E-state index is 12.7. The molecule has 0 bridgehead atoms. The van der Waals surface area contributed by atoms with Crippen molar-refractivity contribution in [2.75, 3.05) is 13.1 Å².